The van der Waals surface area contributed by atoms with Crippen molar-refractivity contribution in [2.45, 2.75) is 19.6 Å². The van der Waals surface area contributed by atoms with Crippen molar-refractivity contribution in [1.29, 1.82) is 0 Å². The maximum absolute atomic E-state index is 11.8. The number of nitrogens with one attached hydrogen (secondary N) is 1. The molecule has 90 valence electrons. The first-order valence-corrected chi connectivity index (χ1v) is 5.24. The van der Waals surface area contributed by atoms with Crippen LogP contribution in [0.5, 0.6) is 5.75 Å². The third-order valence-electron chi connectivity index (χ3n) is 2.40. The first-order valence-electron chi connectivity index (χ1n) is 5.24. The number of ether oxygens (including phenoxy) is 2. The third-order valence-corrected chi connectivity index (χ3v) is 2.40. The van der Waals surface area contributed by atoms with Gasteiger partial charge in [0.25, 0.3) is 5.91 Å². The van der Waals surface area contributed by atoms with Gasteiger partial charge in [-0.2, -0.15) is 0 Å². The zero-order valence-corrected chi connectivity index (χ0v) is 9.65. The van der Waals surface area contributed by atoms with Crippen molar-refractivity contribution in [3.05, 3.63) is 29.8 Å². The van der Waals surface area contributed by atoms with E-state index in [9.17, 15) is 9.59 Å². The molecule has 1 N–H and O–H groups in total. The van der Waals surface area contributed by atoms with Crippen LogP contribution in [0.15, 0.2) is 24.3 Å². The van der Waals surface area contributed by atoms with Crippen molar-refractivity contribution >= 4 is 11.9 Å². The summed E-state index contributed by atoms with van der Waals surface area (Å²) in [5.41, 5.74) is -0.537. The maximum Gasteiger partial charge on any atom is 0.302 e. The molecule has 1 heterocycles. The van der Waals surface area contributed by atoms with Crippen molar-refractivity contribution < 1.29 is 19.1 Å². The molecule has 0 saturated carbocycles. The second kappa shape index (κ2) is 4.08. The molecule has 0 fully saturated rings. The Morgan fingerprint density at radius 1 is 1.47 bits per heavy atom. The summed E-state index contributed by atoms with van der Waals surface area (Å²) in [5, 5.41) is 2.67. The zero-order chi connectivity index (χ0) is 12.5. The number of esters is 1. The molecule has 1 atom stereocenters. The summed E-state index contributed by atoms with van der Waals surface area (Å²) in [5.74, 6) is -0.157. The Labute approximate surface area is 98.7 Å². The standard InChI is InChI=1S/C12H13NO4/c1-8(14)16-7-12(2)13-11(15)9-5-3-4-6-10(9)17-12/h3-6H,7H2,1-2H3,(H,13,15)/t12-/m1/s1. The van der Waals surface area contributed by atoms with Gasteiger partial charge in [-0.15, -0.1) is 0 Å². The molecule has 0 radical (unpaired) electrons. The lowest BCUT2D eigenvalue weighted by atomic mass is 10.1. The number of carbonyl (C=O) groups excluding carboxylic acids is 2. The second-order valence-electron chi connectivity index (χ2n) is 4.06. The Morgan fingerprint density at radius 3 is 2.88 bits per heavy atom. The molecular weight excluding hydrogens is 222 g/mol. The molecule has 0 aliphatic carbocycles. The fraction of sp³-hybridized carbons (Fsp3) is 0.333. The Kier molecular flexibility index (Phi) is 2.75. The van der Waals surface area contributed by atoms with Crippen molar-refractivity contribution in [1.82, 2.24) is 5.32 Å². The number of hydrogen-bond acceptors (Lipinski definition) is 4. The lowest BCUT2D eigenvalue weighted by Crippen LogP contribution is -2.57. The lowest BCUT2D eigenvalue weighted by Gasteiger charge is -2.35. The van der Waals surface area contributed by atoms with Crippen LogP contribution < -0.4 is 10.1 Å². The minimum absolute atomic E-state index is 0.0254. The number of amides is 1. The number of hydrogen-bond donors (Lipinski definition) is 1. The van der Waals surface area contributed by atoms with E-state index >= 15 is 0 Å². The summed E-state index contributed by atoms with van der Waals surface area (Å²) in [6, 6.07) is 6.93. The summed E-state index contributed by atoms with van der Waals surface area (Å²) >= 11 is 0. The van der Waals surface area contributed by atoms with Gasteiger partial charge in [-0.3, -0.25) is 9.59 Å². The molecule has 1 aliphatic heterocycles. The largest absolute Gasteiger partial charge is 0.464 e. The SMILES string of the molecule is CC(=O)OC[C@]1(C)NC(=O)c2ccccc2O1. The van der Waals surface area contributed by atoms with E-state index in [1.807, 2.05) is 0 Å². The monoisotopic (exact) mass is 235 g/mol. The molecule has 0 saturated heterocycles. The number of fused-ring (bicyclic) bond motifs is 1. The Hall–Kier alpha value is -2.04. The van der Waals surface area contributed by atoms with Gasteiger partial charge in [-0.1, -0.05) is 12.1 Å². The van der Waals surface area contributed by atoms with Gasteiger partial charge in [-0.05, 0) is 19.1 Å². The average molecular weight is 235 g/mol. The van der Waals surface area contributed by atoms with Crippen LogP contribution in [0.1, 0.15) is 24.2 Å². The molecule has 1 aromatic rings. The molecular formula is C12H13NO4. The van der Waals surface area contributed by atoms with E-state index in [2.05, 4.69) is 5.32 Å². The van der Waals surface area contributed by atoms with Crippen molar-refractivity contribution in [3.8, 4) is 5.75 Å². The van der Waals surface area contributed by atoms with Crippen LogP contribution in [0, 0.1) is 0 Å². The summed E-state index contributed by atoms with van der Waals surface area (Å²) in [4.78, 5) is 22.6. The minimum Gasteiger partial charge on any atom is -0.464 e. The summed E-state index contributed by atoms with van der Waals surface area (Å²) in [7, 11) is 0. The molecule has 1 aromatic carbocycles. The van der Waals surface area contributed by atoms with Crippen molar-refractivity contribution in [2.75, 3.05) is 6.61 Å². The molecule has 5 nitrogen and oxygen atoms in total. The van der Waals surface area contributed by atoms with Gasteiger partial charge in [0.05, 0.1) is 5.56 Å². The Bertz CT molecular complexity index is 471. The lowest BCUT2D eigenvalue weighted by molar-refractivity contribution is -0.147. The van der Waals surface area contributed by atoms with Gasteiger partial charge in [0.15, 0.2) is 0 Å². The fourth-order valence-electron chi connectivity index (χ4n) is 1.62. The molecule has 0 bridgehead atoms. The van der Waals surface area contributed by atoms with Crippen LogP contribution in [0.4, 0.5) is 0 Å². The van der Waals surface area contributed by atoms with Gasteiger partial charge in [-0.25, -0.2) is 0 Å². The first-order chi connectivity index (χ1) is 8.00. The summed E-state index contributed by atoms with van der Waals surface area (Å²) in [6.07, 6.45) is 0. The van der Waals surface area contributed by atoms with E-state index in [0.717, 1.165) is 0 Å². The minimum atomic E-state index is -1.02. The maximum atomic E-state index is 11.8. The molecule has 17 heavy (non-hydrogen) atoms. The van der Waals surface area contributed by atoms with Crippen LogP contribution in [-0.4, -0.2) is 24.2 Å². The molecule has 2 rings (SSSR count). The van der Waals surface area contributed by atoms with E-state index in [1.165, 1.54) is 6.92 Å². The smallest absolute Gasteiger partial charge is 0.302 e. The highest BCUT2D eigenvalue weighted by Crippen LogP contribution is 2.27. The molecule has 1 amide bonds. The number of carbonyl (C=O) groups is 2. The van der Waals surface area contributed by atoms with E-state index in [1.54, 1.807) is 31.2 Å². The van der Waals surface area contributed by atoms with Crippen LogP contribution >= 0.6 is 0 Å². The number of rotatable bonds is 2. The molecule has 0 unspecified atom stereocenters. The molecule has 5 heteroatoms. The molecule has 0 spiro atoms. The number of para-hydroxylation sites is 1. The predicted molar refractivity (Wildman–Crippen MR) is 59.6 cm³/mol. The Morgan fingerprint density at radius 2 is 2.18 bits per heavy atom. The van der Waals surface area contributed by atoms with E-state index in [0.29, 0.717) is 11.3 Å². The van der Waals surface area contributed by atoms with Crippen molar-refractivity contribution in [3.63, 3.8) is 0 Å². The van der Waals surface area contributed by atoms with Crippen LogP contribution in [0.3, 0.4) is 0 Å². The third kappa shape index (κ3) is 2.38. The normalized spacial score (nSPS) is 22.1. The van der Waals surface area contributed by atoms with Crippen LogP contribution in [-0.2, 0) is 9.53 Å². The molecule has 1 aliphatic rings. The average Bonchev–Trinajstić information content (AvgIpc) is 2.26. The fourth-order valence-corrected chi connectivity index (χ4v) is 1.62. The Balaban J connectivity index is 2.21. The van der Waals surface area contributed by atoms with Gasteiger partial charge >= 0.3 is 5.97 Å². The van der Waals surface area contributed by atoms with Gasteiger partial charge in [0, 0.05) is 6.92 Å². The first kappa shape index (κ1) is 11.4. The topological polar surface area (TPSA) is 64.6 Å². The predicted octanol–water partition coefficient (Wildman–Crippen LogP) is 1.09. The second-order valence-corrected chi connectivity index (χ2v) is 4.06. The van der Waals surface area contributed by atoms with Gasteiger partial charge in [0.1, 0.15) is 12.4 Å². The van der Waals surface area contributed by atoms with Crippen molar-refractivity contribution in [2.24, 2.45) is 0 Å². The van der Waals surface area contributed by atoms with Gasteiger partial charge in [0.2, 0.25) is 5.72 Å². The zero-order valence-electron chi connectivity index (χ0n) is 9.65. The van der Waals surface area contributed by atoms with E-state index < -0.39 is 11.7 Å². The van der Waals surface area contributed by atoms with Crippen LogP contribution in [0.2, 0.25) is 0 Å². The van der Waals surface area contributed by atoms with E-state index in [4.69, 9.17) is 9.47 Å². The highest BCUT2D eigenvalue weighted by Gasteiger charge is 2.36. The van der Waals surface area contributed by atoms with E-state index in [-0.39, 0.29) is 12.5 Å². The quantitative estimate of drug-likeness (QED) is 0.779. The van der Waals surface area contributed by atoms with Crippen LogP contribution in [0.25, 0.3) is 0 Å². The summed E-state index contributed by atoms with van der Waals surface area (Å²) < 4.78 is 10.5. The highest BCUT2D eigenvalue weighted by molar-refractivity contribution is 5.98. The summed E-state index contributed by atoms with van der Waals surface area (Å²) in [6.45, 7) is 2.94. The molecule has 0 aromatic heterocycles. The van der Waals surface area contributed by atoms with Gasteiger partial charge < -0.3 is 14.8 Å². The highest BCUT2D eigenvalue weighted by atomic mass is 16.6. The number of benzene rings is 1.